The Morgan fingerprint density at radius 2 is 2.33 bits per heavy atom. The van der Waals surface area contributed by atoms with Crippen LogP contribution in [-0.2, 0) is 9.59 Å². The molecule has 0 saturated carbocycles. The van der Waals surface area contributed by atoms with Gasteiger partial charge in [-0.25, -0.2) is 0 Å². The highest BCUT2D eigenvalue weighted by molar-refractivity contribution is 5.94. The predicted molar refractivity (Wildman–Crippen MR) is 66.9 cm³/mol. The van der Waals surface area contributed by atoms with Crippen LogP contribution in [0.1, 0.15) is 24.3 Å². The van der Waals surface area contributed by atoms with Gasteiger partial charge in [0, 0.05) is 35.8 Å². The first-order valence-electron chi connectivity index (χ1n) is 6.04. The summed E-state index contributed by atoms with van der Waals surface area (Å²) in [6.45, 7) is 0.703. The third kappa shape index (κ3) is 1.72. The zero-order valence-electron chi connectivity index (χ0n) is 9.85. The van der Waals surface area contributed by atoms with Crippen molar-refractivity contribution in [2.75, 3.05) is 23.3 Å². The Bertz CT molecular complexity index is 527. The number of hydrogen-bond donors (Lipinski definition) is 2. The molecule has 1 amide bonds. The van der Waals surface area contributed by atoms with Gasteiger partial charge in [0.15, 0.2) is 0 Å². The second-order valence-electron chi connectivity index (χ2n) is 4.80. The summed E-state index contributed by atoms with van der Waals surface area (Å²) < 4.78 is 0. The lowest BCUT2D eigenvalue weighted by molar-refractivity contribution is -0.135. The Morgan fingerprint density at radius 3 is 3.11 bits per heavy atom. The molecule has 2 N–H and O–H groups in total. The summed E-state index contributed by atoms with van der Waals surface area (Å²) in [5, 5.41) is 11.8. The fourth-order valence-electron chi connectivity index (χ4n) is 2.89. The van der Waals surface area contributed by atoms with Crippen molar-refractivity contribution < 1.29 is 14.7 Å². The van der Waals surface area contributed by atoms with Crippen LogP contribution in [0.5, 0.6) is 0 Å². The normalized spacial score (nSPS) is 21.2. The summed E-state index contributed by atoms with van der Waals surface area (Å²) in [6.07, 6.45) is 1.28. The number of aliphatic carboxylic acids is 1. The maximum absolute atomic E-state index is 11.6. The number of anilines is 2. The molecule has 94 valence electrons. The molecule has 0 fully saturated rings. The number of carbonyl (C=O) groups is 2. The summed E-state index contributed by atoms with van der Waals surface area (Å²) in [5.41, 5.74) is 2.89. The second kappa shape index (κ2) is 4.01. The van der Waals surface area contributed by atoms with Crippen LogP contribution in [0.4, 0.5) is 11.4 Å². The van der Waals surface area contributed by atoms with Gasteiger partial charge < -0.3 is 15.3 Å². The van der Waals surface area contributed by atoms with Gasteiger partial charge in [-0.15, -0.1) is 0 Å². The molecule has 0 aliphatic carbocycles. The van der Waals surface area contributed by atoms with Crippen LogP contribution in [0.3, 0.4) is 0 Å². The largest absolute Gasteiger partial charge is 0.480 e. The molecule has 2 aliphatic heterocycles. The van der Waals surface area contributed by atoms with E-state index in [1.165, 1.54) is 0 Å². The van der Waals surface area contributed by atoms with Crippen LogP contribution in [0.15, 0.2) is 18.2 Å². The third-order valence-corrected chi connectivity index (χ3v) is 3.59. The van der Waals surface area contributed by atoms with E-state index in [-0.39, 0.29) is 18.4 Å². The van der Waals surface area contributed by atoms with Crippen LogP contribution in [-0.4, -0.2) is 30.1 Å². The highest BCUT2D eigenvalue weighted by atomic mass is 16.4. The smallest absolute Gasteiger partial charge is 0.323 e. The van der Waals surface area contributed by atoms with Crippen molar-refractivity contribution in [3.05, 3.63) is 23.8 Å². The summed E-state index contributed by atoms with van der Waals surface area (Å²) in [4.78, 5) is 24.3. The lowest BCUT2D eigenvalue weighted by Gasteiger charge is -2.17. The maximum Gasteiger partial charge on any atom is 0.323 e. The molecule has 5 heteroatoms. The van der Waals surface area contributed by atoms with E-state index in [9.17, 15) is 9.59 Å². The molecule has 0 bridgehead atoms. The average molecular weight is 246 g/mol. The lowest BCUT2D eigenvalue weighted by Crippen LogP contribution is -2.28. The van der Waals surface area contributed by atoms with Gasteiger partial charge in [0.2, 0.25) is 5.91 Å². The molecule has 2 heterocycles. The van der Waals surface area contributed by atoms with E-state index in [2.05, 4.69) is 5.32 Å². The molecular formula is C13H14N2O3. The van der Waals surface area contributed by atoms with E-state index in [1.54, 1.807) is 0 Å². The molecule has 0 aromatic heterocycles. The molecule has 1 atom stereocenters. The van der Waals surface area contributed by atoms with Crippen LogP contribution in [0, 0.1) is 0 Å². The molecule has 5 nitrogen and oxygen atoms in total. The number of carbonyl (C=O) groups excluding carboxylic acids is 1. The van der Waals surface area contributed by atoms with Gasteiger partial charge in [0.1, 0.15) is 6.54 Å². The molecular weight excluding hydrogens is 232 g/mol. The van der Waals surface area contributed by atoms with E-state index in [0.717, 1.165) is 23.4 Å². The molecule has 0 saturated heterocycles. The number of hydrogen-bond acceptors (Lipinski definition) is 3. The Labute approximate surface area is 104 Å². The van der Waals surface area contributed by atoms with E-state index < -0.39 is 5.97 Å². The van der Waals surface area contributed by atoms with Crippen LogP contribution in [0.2, 0.25) is 0 Å². The minimum atomic E-state index is -0.826. The van der Waals surface area contributed by atoms with E-state index >= 15 is 0 Å². The fourth-order valence-corrected chi connectivity index (χ4v) is 2.89. The first kappa shape index (κ1) is 11.1. The Hall–Kier alpha value is -2.04. The predicted octanol–water partition coefficient (Wildman–Crippen LogP) is 1.41. The van der Waals surface area contributed by atoms with E-state index in [4.69, 9.17) is 5.11 Å². The van der Waals surface area contributed by atoms with Crippen molar-refractivity contribution >= 4 is 23.3 Å². The third-order valence-electron chi connectivity index (χ3n) is 3.59. The Balaban J connectivity index is 2.03. The molecule has 2 aliphatic rings. The van der Waals surface area contributed by atoms with Gasteiger partial charge in [-0.1, -0.05) is 6.07 Å². The number of nitrogens with zero attached hydrogens (tertiary/aromatic N) is 1. The maximum atomic E-state index is 11.6. The topological polar surface area (TPSA) is 69.6 Å². The Morgan fingerprint density at radius 1 is 1.50 bits per heavy atom. The van der Waals surface area contributed by atoms with Crippen molar-refractivity contribution in [2.45, 2.75) is 18.8 Å². The minimum absolute atomic E-state index is 0.0148. The van der Waals surface area contributed by atoms with Crippen LogP contribution in [0.25, 0.3) is 0 Å². The highest BCUT2D eigenvalue weighted by Gasteiger charge is 2.34. The van der Waals surface area contributed by atoms with Gasteiger partial charge in [-0.3, -0.25) is 9.59 Å². The monoisotopic (exact) mass is 246 g/mol. The van der Waals surface area contributed by atoms with Gasteiger partial charge >= 0.3 is 5.97 Å². The van der Waals surface area contributed by atoms with Crippen molar-refractivity contribution in [2.24, 2.45) is 0 Å². The number of benzene rings is 1. The van der Waals surface area contributed by atoms with Crippen LogP contribution >= 0.6 is 0 Å². The van der Waals surface area contributed by atoms with Gasteiger partial charge in [-0.05, 0) is 18.6 Å². The zero-order chi connectivity index (χ0) is 12.7. The van der Waals surface area contributed by atoms with Gasteiger partial charge in [0.25, 0.3) is 0 Å². The Kier molecular flexibility index (Phi) is 2.47. The van der Waals surface area contributed by atoms with Crippen molar-refractivity contribution in [1.29, 1.82) is 0 Å². The number of amides is 1. The summed E-state index contributed by atoms with van der Waals surface area (Å²) in [7, 11) is 0. The first-order valence-corrected chi connectivity index (χ1v) is 6.04. The second-order valence-corrected chi connectivity index (χ2v) is 4.80. The molecule has 0 radical (unpaired) electrons. The van der Waals surface area contributed by atoms with E-state index in [1.807, 2.05) is 23.1 Å². The fraction of sp³-hybridized carbons (Fsp3) is 0.385. The average Bonchev–Trinajstić information content (AvgIpc) is 2.56. The molecule has 18 heavy (non-hydrogen) atoms. The molecule has 1 aromatic rings. The van der Waals surface area contributed by atoms with Crippen molar-refractivity contribution in [1.82, 2.24) is 0 Å². The van der Waals surface area contributed by atoms with Gasteiger partial charge in [-0.2, -0.15) is 0 Å². The zero-order valence-corrected chi connectivity index (χ0v) is 9.85. The van der Waals surface area contributed by atoms with E-state index in [0.29, 0.717) is 13.0 Å². The summed E-state index contributed by atoms with van der Waals surface area (Å²) in [6, 6.07) is 5.68. The molecule has 1 aromatic carbocycles. The first-order chi connectivity index (χ1) is 8.65. The summed E-state index contributed by atoms with van der Waals surface area (Å²) in [5.74, 6) is -0.523. The molecule has 1 unspecified atom stereocenters. The number of rotatable bonds is 2. The lowest BCUT2D eigenvalue weighted by atomic mass is 9.96. The highest BCUT2D eigenvalue weighted by Crippen LogP contribution is 2.44. The molecule has 3 rings (SSSR count). The standard InChI is InChI=1S/C13H14N2O3/c16-11-5-4-8-6-15(7-12(17)18)10-3-1-2-9(14-11)13(8)10/h1-3,8H,4-7H2,(H,14,16)(H,17,18). The van der Waals surface area contributed by atoms with Crippen molar-refractivity contribution in [3.8, 4) is 0 Å². The minimum Gasteiger partial charge on any atom is -0.480 e. The summed E-state index contributed by atoms with van der Waals surface area (Å²) >= 11 is 0. The van der Waals surface area contributed by atoms with Gasteiger partial charge in [0.05, 0.1) is 0 Å². The number of carboxylic acid groups (broad SMARTS) is 1. The number of nitrogens with one attached hydrogen (secondary N) is 1. The van der Waals surface area contributed by atoms with Crippen molar-refractivity contribution in [3.63, 3.8) is 0 Å². The van der Waals surface area contributed by atoms with Crippen LogP contribution < -0.4 is 10.2 Å². The number of carboxylic acids is 1. The SMILES string of the molecule is O=C(O)CN1CC2CCC(=O)Nc3cccc1c32. The molecule has 0 spiro atoms. The quantitative estimate of drug-likeness (QED) is 0.827.